The smallest absolute Gasteiger partial charge is 0.149 e. The normalized spacial score (nSPS) is 12.0. The highest BCUT2D eigenvalue weighted by Crippen LogP contribution is 2.44. The second-order valence-corrected chi connectivity index (χ2v) is 18.4. The van der Waals surface area contributed by atoms with E-state index in [-0.39, 0.29) is 17.6 Å². The zero-order valence-electron chi connectivity index (χ0n) is 40.0. The maximum absolute atomic E-state index is 12.3. The van der Waals surface area contributed by atoms with Crippen LogP contribution in [0.15, 0.2) is 200 Å². The molecule has 2 aromatic heterocycles. The number of benzene rings is 8. The second-order valence-electron chi connectivity index (χ2n) is 18.4. The van der Waals surface area contributed by atoms with Crippen molar-refractivity contribution in [3.63, 3.8) is 0 Å². The Balaban J connectivity index is 1.19. The molecular formula is C63H55N3O. The highest BCUT2D eigenvalue weighted by molar-refractivity contribution is 5.98. The molecule has 0 aliphatic heterocycles. The summed E-state index contributed by atoms with van der Waals surface area (Å²) < 4.78 is 11.6. The number of aromatic nitrogens is 3. The van der Waals surface area contributed by atoms with E-state index in [0.717, 1.165) is 89.2 Å². The molecule has 0 saturated heterocycles. The van der Waals surface area contributed by atoms with Crippen LogP contribution in [-0.4, -0.2) is 19.6 Å². The van der Waals surface area contributed by atoms with Gasteiger partial charge in [0, 0.05) is 24.4 Å². The minimum Gasteiger partial charge on any atom is -0.507 e. The van der Waals surface area contributed by atoms with Gasteiger partial charge in [-0.3, -0.25) is 9.55 Å². The number of phenolic OH excluding ortho intramolecular Hbond substituents is 1. The largest absolute Gasteiger partial charge is 0.507 e. The number of nitrogens with zero attached hydrogens (tertiary/aromatic N) is 3. The maximum Gasteiger partial charge on any atom is 0.149 e. The number of aromatic hydroxyl groups is 1. The van der Waals surface area contributed by atoms with Gasteiger partial charge in [0.2, 0.25) is 0 Å². The van der Waals surface area contributed by atoms with Crippen molar-refractivity contribution in [2.24, 2.45) is 0 Å². The van der Waals surface area contributed by atoms with Crippen LogP contribution in [0.2, 0.25) is 0 Å². The van der Waals surface area contributed by atoms with Crippen LogP contribution in [0.1, 0.15) is 77.3 Å². The van der Waals surface area contributed by atoms with Crippen molar-refractivity contribution in [2.45, 2.75) is 59.3 Å². The van der Waals surface area contributed by atoms with E-state index in [1.54, 1.807) is 0 Å². The molecular weight excluding hydrogens is 815 g/mol. The van der Waals surface area contributed by atoms with Crippen molar-refractivity contribution in [2.75, 3.05) is 0 Å². The van der Waals surface area contributed by atoms with Gasteiger partial charge in [0.05, 0.1) is 22.3 Å². The topological polar surface area (TPSA) is 50.9 Å². The van der Waals surface area contributed by atoms with Gasteiger partial charge >= 0.3 is 0 Å². The van der Waals surface area contributed by atoms with Crippen LogP contribution in [0.5, 0.6) is 5.75 Å². The molecule has 8 aromatic carbocycles. The Morgan fingerprint density at radius 3 is 1.69 bits per heavy atom. The fraction of sp³-hybridized carbons (Fsp3) is 0.143. The van der Waals surface area contributed by atoms with Gasteiger partial charge in [0.1, 0.15) is 11.6 Å². The average molecular weight is 871 g/mol. The molecule has 0 bridgehead atoms. The molecule has 0 amide bonds. The van der Waals surface area contributed by atoms with Crippen molar-refractivity contribution in [3.8, 4) is 89.7 Å². The molecule has 0 saturated carbocycles. The summed E-state index contributed by atoms with van der Waals surface area (Å²) in [5.74, 6) is 0.266. The van der Waals surface area contributed by atoms with Crippen LogP contribution in [0, 0.1) is 0 Å². The van der Waals surface area contributed by atoms with Crippen LogP contribution in [-0.2, 0) is 0 Å². The van der Waals surface area contributed by atoms with E-state index in [4.69, 9.17) is 9.97 Å². The Hall–Kier alpha value is -7.82. The third kappa shape index (κ3) is 8.48. The van der Waals surface area contributed by atoms with E-state index in [0.29, 0.717) is 11.4 Å². The van der Waals surface area contributed by atoms with Gasteiger partial charge < -0.3 is 5.11 Å². The molecule has 328 valence electrons. The molecule has 10 rings (SSSR count). The Kier molecular flexibility index (Phi) is 11.4. The van der Waals surface area contributed by atoms with Crippen molar-refractivity contribution < 1.29 is 6.48 Å². The molecule has 0 atom stereocenters. The van der Waals surface area contributed by atoms with Gasteiger partial charge in [0.25, 0.3) is 0 Å². The van der Waals surface area contributed by atoms with E-state index in [2.05, 4.69) is 196 Å². The number of fused-ring (bicyclic) bond motifs is 1. The molecule has 1 N–H and O–H groups in total. The molecule has 0 spiro atoms. The van der Waals surface area contributed by atoms with E-state index < -0.39 is 5.89 Å². The van der Waals surface area contributed by atoms with Gasteiger partial charge in [-0.05, 0) is 139 Å². The van der Waals surface area contributed by atoms with Crippen LogP contribution in [0.3, 0.4) is 0 Å². The Labute approximate surface area is 396 Å². The van der Waals surface area contributed by atoms with Crippen LogP contribution in [0.4, 0.5) is 0 Å². The maximum atomic E-state index is 12.3. The monoisotopic (exact) mass is 870 g/mol. The second kappa shape index (κ2) is 18.2. The minimum atomic E-state index is -0.918. The number of hydrogen-bond donors (Lipinski definition) is 1. The zero-order chi connectivity index (χ0) is 47.1. The zero-order valence-corrected chi connectivity index (χ0v) is 39.0. The fourth-order valence-electron chi connectivity index (χ4n) is 9.33. The average Bonchev–Trinajstić information content (AvgIpc) is 3.76. The molecule has 0 fully saturated rings. The van der Waals surface area contributed by atoms with Crippen molar-refractivity contribution >= 4 is 11.0 Å². The summed E-state index contributed by atoms with van der Waals surface area (Å²) in [6.45, 7) is 12.5. The standard InChI is InChI=1S/C63H55N3O/c1-40(2)49-36-57(42(5)6)62(67)58(37-49)63-65-61-55(23-16-24-60(61)66(63)53-29-30-54(56(39-53)41(3)4)47-21-14-9-15-22-47)51-33-50(44-19-12-8-13-20-44)34-52(35-51)59-38-48(31-32-64-59)46-27-25-45(26-28-46)43-17-10-7-11-18-43/h7-42,67H,1-6H3/i41D. The fourth-order valence-corrected chi connectivity index (χ4v) is 9.33. The van der Waals surface area contributed by atoms with Crippen molar-refractivity contribution in [3.05, 3.63) is 217 Å². The SMILES string of the molecule is [2H]C(C)(C)c1cc(-n2c(-c3cc(C(C)C)cc(C(C)C)c3O)nc3c(-c4cc(-c5ccccc5)cc(-c5cc(-c6ccc(-c7ccccc7)cc6)ccn5)c4)cccc32)ccc1-c1ccccc1. The molecule has 0 aliphatic rings. The molecule has 10 aromatic rings. The van der Waals surface area contributed by atoms with Gasteiger partial charge in [0.15, 0.2) is 0 Å². The first-order valence-electron chi connectivity index (χ1n) is 23.8. The molecule has 67 heavy (non-hydrogen) atoms. The first kappa shape index (κ1) is 41.9. The Bertz CT molecular complexity index is 3420. The molecule has 4 nitrogen and oxygen atoms in total. The van der Waals surface area contributed by atoms with E-state index in [9.17, 15) is 6.48 Å². The summed E-state index contributed by atoms with van der Waals surface area (Å²) in [6.07, 6.45) is 1.90. The van der Waals surface area contributed by atoms with Gasteiger partial charge in [-0.25, -0.2) is 4.98 Å². The summed E-state index contributed by atoms with van der Waals surface area (Å²) in [5, 5.41) is 12.3. The first-order valence-corrected chi connectivity index (χ1v) is 23.3. The number of hydrogen-bond acceptors (Lipinski definition) is 3. The van der Waals surface area contributed by atoms with Crippen LogP contribution >= 0.6 is 0 Å². The minimum absolute atomic E-state index is 0.0848. The summed E-state index contributed by atoms with van der Waals surface area (Å²) in [7, 11) is 0. The summed E-state index contributed by atoms with van der Waals surface area (Å²) >= 11 is 0. The highest BCUT2D eigenvalue weighted by Gasteiger charge is 2.25. The van der Waals surface area contributed by atoms with Crippen molar-refractivity contribution in [1.82, 2.24) is 14.5 Å². The molecule has 2 heterocycles. The summed E-state index contributed by atoms with van der Waals surface area (Å²) in [6, 6.07) is 68.0. The summed E-state index contributed by atoms with van der Waals surface area (Å²) in [5.41, 5.74) is 18.8. The number of para-hydroxylation sites is 1. The number of rotatable bonds is 11. The predicted octanol–water partition coefficient (Wildman–Crippen LogP) is 17.2. The quantitative estimate of drug-likeness (QED) is 0.141. The lowest BCUT2D eigenvalue weighted by molar-refractivity contribution is 0.466. The predicted molar refractivity (Wildman–Crippen MR) is 281 cm³/mol. The molecule has 4 heteroatoms. The van der Waals surface area contributed by atoms with E-state index in [1.807, 2.05) is 50.4 Å². The van der Waals surface area contributed by atoms with Crippen molar-refractivity contribution in [1.29, 1.82) is 0 Å². The van der Waals surface area contributed by atoms with Crippen LogP contribution in [0.25, 0.3) is 95.0 Å². The number of pyridine rings is 1. The van der Waals surface area contributed by atoms with Crippen LogP contribution < -0.4 is 0 Å². The third-order valence-electron chi connectivity index (χ3n) is 13.0. The van der Waals surface area contributed by atoms with Gasteiger partial charge in [-0.2, -0.15) is 0 Å². The van der Waals surface area contributed by atoms with Gasteiger partial charge in [-0.1, -0.05) is 181 Å². The lowest BCUT2D eigenvalue weighted by atomic mass is 9.91. The molecule has 0 aliphatic carbocycles. The molecule has 0 radical (unpaired) electrons. The summed E-state index contributed by atoms with van der Waals surface area (Å²) in [4.78, 5) is 10.6. The highest BCUT2D eigenvalue weighted by atomic mass is 16.3. The Morgan fingerprint density at radius 1 is 0.448 bits per heavy atom. The number of phenols is 1. The molecule has 0 unspecified atom stereocenters. The lowest BCUT2D eigenvalue weighted by Gasteiger charge is -2.20. The number of imidazole rings is 1. The lowest BCUT2D eigenvalue weighted by Crippen LogP contribution is -2.03. The van der Waals surface area contributed by atoms with E-state index >= 15 is 0 Å². The first-order chi connectivity index (χ1) is 32.9. The van der Waals surface area contributed by atoms with E-state index in [1.165, 1.54) is 11.1 Å². The van der Waals surface area contributed by atoms with Gasteiger partial charge in [-0.15, -0.1) is 0 Å². The Morgan fingerprint density at radius 2 is 1.04 bits per heavy atom. The third-order valence-corrected chi connectivity index (χ3v) is 13.0.